The van der Waals surface area contributed by atoms with Crippen LogP contribution in [-0.2, 0) is 9.53 Å². The number of halogens is 1. The first-order valence-corrected chi connectivity index (χ1v) is 5.23. The monoisotopic (exact) mass is 255 g/mol. The first-order valence-electron chi connectivity index (χ1n) is 5.23. The van der Waals surface area contributed by atoms with E-state index in [2.05, 4.69) is 10.1 Å². The van der Waals surface area contributed by atoms with Crippen molar-refractivity contribution in [2.75, 3.05) is 20.5 Å². The Hall–Kier alpha value is -2.11. The van der Waals surface area contributed by atoms with E-state index in [4.69, 9.17) is 4.74 Å². The van der Waals surface area contributed by atoms with Gasteiger partial charge in [-0.25, -0.2) is 4.39 Å². The number of hydrogen-bond acceptors (Lipinski definition) is 4. The second-order valence-electron chi connectivity index (χ2n) is 3.46. The first-order chi connectivity index (χ1) is 8.60. The predicted molar refractivity (Wildman–Crippen MR) is 62.1 cm³/mol. The number of hydrogen-bond donors (Lipinski definition) is 1. The number of rotatable bonds is 5. The van der Waals surface area contributed by atoms with E-state index in [0.29, 0.717) is 5.56 Å². The summed E-state index contributed by atoms with van der Waals surface area (Å²) in [5, 5.41) is 2.37. The summed E-state index contributed by atoms with van der Waals surface area (Å²) >= 11 is 0. The molecule has 0 fully saturated rings. The standard InChI is InChI=1S/C12H14FNO4/c1-8-4-3-5-9(18-7-13)11(8)12(16)14-6-10(15)17-2/h3-5H,6-7H2,1-2H3,(H,14,16). The van der Waals surface area contributed by atoms with Crippen LogP contribution in [-0.4, -0.2) is 32.4 Å². The van der Waals surface area contributed by atoms with Crippen molar-refractivity contribution in [3.05, 3.63) is 29.3 Å². The molecule has 1 aromatic carbocycles. The Balaban J connectivity index is 2.86. The number of alkyl halides is 1. The molecule has 0 radical (unpaired) electrons. The average Bonchev–Trinajstić information content (AvgIpc) is 2.36. The van der Waals surface area contributed by atoms with Crippen LogP contribution in [0.25, 0.3) is 0 Å². The molecular weight excluding hydrogens is 241 g/mol. The van der Waals surface area contributed by atoms with Gasteiger partial charge in [0.2, 0.25) is 6.86 Å². The summed E-state index contributed by atoms with van der Waals surface area (Å²) in [7, 11) is 1.22. The predicted octanol–water partition coefficient (Wildman–Crippen LogP) is 1.20. The molecule has 98 valence electrons. The van der Waals surface area contributed by atoms with Crippen LogP contribution in [0.3, 0.4) is 0 Å². The van der Waals surface area contributed by atoms with Crippen molar-refractivity contribution >= 4 is 11.9 Å². The van der Waals surface area contributed by atoms with Crippen LogP contribution in [0.4, 0.5) is 4.39 Å². The van der Waals surface area contributed by atoms with Gasteiger partial charge < -0.3 is 14.8 Å². The van der Waals surface area contributed by atoms with Crippen LogP contribution in [0.1, 0.15) is 15.9 Å². The zero-order chi connectivity index (χ0) is 13.5. The highest BCUT2D eigenvalue weighted by atomic mass is 19.1. The molecule has 0 spiro atoms. The van der Waals surface area contributed by atoms with Crippen molar-refractivity contribution in [1.82, 2.24) is 5.32 Å². The lowest BCUT2D eigenvalue weighted by molar-refractivity contribution is -0.139. The summed E-state index contributed by atoms with van der Waals surface area (Å²) in [6, 6.07) is 4.83. The average molecular weight is 255 g/mol. The van der Waals surface area contributed by atoms with Gasteiger partial charge in [-0.15, -0.1) is 0 Å². The van der Waals surface area contributed by atoms with Crippen LogP contribution in [0.15, 0.2) is 18.2 Å². The van der Waals surface area contributed by atoms with Crippen molar-refractivity contribution in [2.45, 2.75) is 6.92 Å². The normalized spacial score (nSPS) is 9.72. The topological polar surface area (TPSA) is 64.6 Å². The maximum atomic E-state index is 12.2. The van der Waals surface area contributed by atoms with Crippen molar-refractivity contribution in [1.29, 1.82) is 0 Å². The number of esters is 1. The Morgan fingerprint density at radius 2 is 2.11 bits per heavy atom. The largest absolute Gasteiger partial charge is 0.468 e. The molecule has 1 aromatic rings. The van der Waals surface area contributed by atoms with Crippen LogP contribution in [0.5, 0.6) is 5.75 Å². The van der Waals surface area contributed by atoms with Gasteiger partial charge in [0, 0.05) is 0 Å². The lowest BCUT2D eigenvalue weighted by Gasteiger charge is -2.11. The van der Waals surface area contributed by atoms with Crippen molar-refractivity contribution < 1.29 is 23.5 Å². The third kappa shape index (κ3) is 3.44. The van der Waals surface area contributed by atoms with E-state index >= 15 is 0 Å². The Morgan fingerprint density at radius 1 is 1.39 bits per heavy atom. The second-order valence-corrected chi connectivity index (χ2v) is 3.46. The molecule has 0 aromatic heterocycles. The molecule has 1 rings (SSSR count). The molecule has 18 heavy (non-hydrogen) atoms. The zero-order valence-electron chi connectivity index (χ0n) is 10.2. The summed E-state index contributed by atoms with van der Waals surface area (Å²) in [5.74, 6) is -0.938. The summed E-state index contributed by atoms with van der Waals surface area (Å²) in [6.07, 6.45) is 0. The first kappa shape index (κ1) is 14.0. The Bertz CT molecular complexity index is 448. The van der Waals surface area contributed by atoms with E-state index < -0.39 is 18.7 Å². The molecule has 1 amide bonds. The van der Waals surface area contributed by atoms with Crippen LogP contribution < -0.4 is 10.1 Å². The van der Waals surface area contributed by atoms with Crippen LogP contribution in [0, 0.1) is 6.92 Å². The molecule has 0 aliphatic carbocycles. The highest BCUT2D eigenvalue weighted by Crippen LogP contribution is 2.21. The molecule has 0 aliphatic heterocycles. The maximum Gasteiger partial charge on any atom is 0.325 e. The van der Waals surface area contributed by atoms with Gasteiger partial charge in [-0.3, -0.25) is 9.59 Å². The lowest BCUT2D eigenvalue weighted by atomic mass is 10.1. The Kier molecular flexibility index (Phi) is 5.10. The molecule has 5 nitrogen and oxygen atoms in total. The van der Waals surface area contributed by atoms with Crippen LogP contribution in [0.2, 0.25) is 0 Å². The molecule has 6 heteroatoms. The minimum absolute atomic E-state index is 0.139. The van der Waals surface area contributed by atoms with E-state index in [-0.39, 0.29) is 17.9 Å². The number of carbonyl (C=O) groups excluding carboxylic acids is 2. The van der Waals surface area contributed by atoms with E-state index in [1.54, 1.807) is 19.1 Å². The molecule has 0 saturated carbocycles. The Morgan fingerprint density at radius 3 is 2.72 bits per heavy atom. The molecule has 0 heterocycles. The Labute approximate surface area is 104 Å². The van der Waals surface area contributed by atoms with E-state index in [1.807, 2.05) is 0 Å². The summed E-state index contributed by atoms with van der Waals surface area (Å²) in [4.78, 5) is 22.8. The van der Waals surface area contributed by atoms with Gasteiger partial charge in [0.25, 0.3) is 5.91 Å². The molecule has 0 unspecified atom stereocenters. The van der Waals surface area contributed by atoms with E-state index in [9.17, 15) is 14.0 Å². The van der Waals surface area contributed by atoms with Gasteiger partial charge >= 0.3 is 5.97 Å². The zero-order valence-corrected chi connectivity index (χ0v) is 10.2. The van der Waals surface area contributed by atoms with Crippen molar-refractivity contribution in [3.63, 3.8) is 0 Å². The maximum absolute atomic E-state index is 12.2. The molecular formula is C12H14FNO4. The molecule has 0 aliphatic rings. The third-order valence-electron chi connectivity index (χ3n) is 2.29. The van der Waals surface area contributed by atoms with Crippen molar-refractivity contribution in [2.24, 2.45) is 0 Å². The number of carbonyl (C=O) groups is 2. The molecule has 0 atom stereocenters. The summed E-state index contributed by atoms with van der Waals surface area (Å²) < 4.78 is 21.3. The van der Waals surface area contributed by atoms with Gasteiger partial charge in [0.1, 0.15) is 12.3 Å². The highest BCUT2D eigenvalue weighted by Gasteiger charge is 2.16. The van der Waals surface area contributed by atoms with Gasteiger partial charge in [0.15, 0.2) is 0 Å². The lowest BCUT2D eigenvalue weighted by Crippen LogP contribution is -2.30. The van der Waals surface area contributed by atoms with Crippen LogP contribution >= 0.6 is 0 Å². The van der Waals surface area contributed by atoms with Gasteiger partial charge in [0.05, 0.1) is 12.7 Å². The minimum atomic E-state index is -1.03. The minimum Gasteiger partial charge on any atom is -0.468 e. The third-order valence-corrected chi connectivity index (χ3v) is 2.29. The molecule has 0 saturated heterocycles. The fourth-order valence-corrected chi connectivity index (χ4v) is 1.42. The summed E-state index contributed by atoms with van der Waals surface area (Å²) in [5.41, 5.74) is 0.836. The number of methoxy groups -OCH3 is 1. The van der Waals surface area contributed by atoms with Gasteiger partial charge in [-0.1, -0.05) is 12.1 Å². The molecule has 0 bridgehead atoms. The van der Waals surface area contributed by atoms with E-state index in [1.165, 1.54) is 13.2 Å². The number of amides is 1. The fraction of sp³-hybridized carbons (Fsp3) is 0.333. The highest BCUT2D eigenvalue weighted by molar-refractivity contribution is 5.99. The number of aryl methyl sites for hydroxylation is 1. The van der Waals surface area contributed by atoms with E-state index in [0.717, 1.165) is 0 Å². The quantitative estimate of drug-likeness (QED) is 0.803. The molecule has 1 N–H and O–H groups in total. The fourth-order valence-electron chi connectivity index (χ4n) is 1.42. The number of ether oxygens (including phenoxy) is 2. The SMILES string of the molecule is COC(=O)CNC(=O)c1c(C)cccc1OCF. The number of nitrogens with one attached hydrogen (secondary N) is 1. The summed E-state index contributed by atoms with van der Waals surface area (Å²) in [6.45, 7) is 0.414. The number of benzene rings is 1. The van der Waals surface area contributed by atoms with Crippen molar-refractivity contribution in [3.8, 4) is 5.75 Å². The second kappa shape index (κ2) is 6.58. The van der Waals surface area contributed by atoms with Gasteiger partial charge in [-0.2, -0.15) is 0 Å². The van der Waals surface area contributed by atoms with Gasteiger partial charge in [-0.05, 0) is 18.6 Å². The smallest absolute Gasteiger partial charge is 0.325 e.